The molecule has 1 aliphatic carbocycles. The normalized spacial score (nSPS) is 16.6. The first-order valence-corrected chi connectivity index (χ1v) is 6.21. The zero-order valence-electron chi connectivity index (χ0n) is 10.2. The van der Waals surface area contributed by atoms with E-state index in [4.69, 9.17) is 21.1 Å². The summed E-state index contributed by atoms with van der Waals surface area (Å²) >= 11 is 6.16. The van der Waals surface area contributed by atoms with Crippen molar-refractivity contribution in [3.63, 3.8) is 0 Å². The van der Waals surface area contributed by atoms with Crippen molar-refractivity contribution in [2.24, 2.45) is 5.92 Å². The number of benzene rings is 1. The number of anilines is 1. The van der Waals surface area contributed by atoms with Crippen LogP contribution >= 0.6 is 11.6 Å². The van der Waals surface area contributed by atoms with E-state index >= 15 is 0 Å². The molecule has 0 aliphatic heterocycles. The van der Waals surface area contributed by atoms with Crippen molar-refractivity contribution < 1.29 is 9.47 Å². The molecular weight excluding hydrogens is 238 g/mol. The van der Waals surface area contributed by atoms with Crippen LogP contribution in [0.4, 0.5) is 5.69 Å². The third kappa shape index (κ3) is 3.27. The summed E-state index contributed by atoms with van der Waals surface area (Å²) in [5, 5.41) is 4.16. The second kappa shape index (κ2) is 5.61. The van der Waals surface area contributed by atoms with Gasteiger partial charge in [0.05, 0.1) is 30.5 Å². The maximum atomic E-state index is 6.16. The largest absolute Gasteiger partial charge is 0.497 e. The highest BCUT2D eigenvalue weighted by molar-refractivity contribution is 6.33. The predicted molar refractivity (Wildman–Crippen MR) is 70.0 cm³/mol. The van der Waals surface area contributed by atoms with Gasteiger partial charge in [-0.05, 0) is 30.9 Å². The lowest BCUT2D eigenvalue weighted by Crippen LogP contribution is -2.27. The third-order valence-electron chi connectivity index (χ3n) is 3.05. The molecule has 94 valence electrons. The van der Waals surface area contributed by atoms with Crippen LogP contribution in [0.5, 0.6) is 5.75 Å². The van der Waals surface area contributed by atoms with E-state index in [-0.39, 0.29) is 0 Å². The van der Waals surface area contributed by atoms with Gasteiger partial charge in [-0.15, -0.1) is 0 Å². The smallest absolute Gasteiger partial charge is 0.121 e. The molecule has 0 bridgehead atoms. The molecule has 17 heavy (non-hydrogen) atoms. The first-order valence-electron chi connectivity index (χ1n) is 5.83. The second-order valence-corrected chi connectivity index (χ2v) is 4.80. The van der Waals surface area contributed by atoms with Crippen molar-refractivity contribution in [3.8, 4) is 5.75 Å². The molecule has 3 nitrogen and oxygen atoms in total. The summed E-state index contributed by atoms with van der Waals surface area (Å²) in [4.78, 5) is 0. The summed E-state index contributed by atoms with van der Waals surface area (Å²) in [6, 6.07) is 5.97. The summed E-state index contributed by atoms with van der Waals surface area (Å²) in [5.74, 6) is 1.51. The summed E-state index contributed by atoms with van der Waals surface area (Å²) in [5.41, 5.74) is 0.917. The van der Waals surface area contributed by atoms with Gasteiger partial charge in [-0.3, -0.25) is 0 Å². The van der Waals surface area contributed by atoms with Crippen LogP contribution in [0.15, 0.2) is 18.2 Å². The Morgan fingerprint density at radius 2 is 2.18 bits per heavy atom. The number of halogens is 1. The third-order valence-corrected chi connectivity index (χ3v) is 3.38. The Bertz CT molecular complexity index is 380. The molecule has 1 unspecified atom stereocenters. The summed E-state index contributed by atoms with van der Waals surface area (Å²) in [6.07, 6.45) is 2.53. The van der Waals surface area contributed by atoms with Crippen LogP contribution in [0.3, 0.4) is 0 Å². The first kappa shape index (κ1) is 12.5. The average Bonchev–Trinajstić information content (AvgIpc) is 3.15. The number of hydrogen-bond donors (Lipinski definition) is 1. The predicted octanol–water partition coefficient (Wildman–Crippen LogP) is 3.19. The molecule has 1 atom stereocenters. The van der Waals surface area contributed by atoms with Gasteiger partial charge in [0.2, 0.25) is 0 Å². The summed E-state index contributed by atoms with van der Waals surface area (Å²) < 4.78 is 10.4. The van der Waals surface area contributed by atoms with Crippen LogP contribution < -0.4 is 10.1 Å². The van der Waals surface area contributed by atoms with Crippen molar-refractivity contribution >= 4 is 17.3 Å². The monoisotopic (exact) mass is 255 g/mol. The van der Waals surface area contributed by atoms with E-state index in [1.165, 1.54) is 12.8 Å². The van der Waals surface area contributed by atoms with Crippen LogP contribution in [0, 0.1) is 5.92 Å². The molecule has 1 N–H and O–H groups in total. The highest BCUT2D eigenvalue weighted by Crippen LogP contribution is 2.36. The Morgan fingerprint density at radius 1 is 1.41 bits per heavy atom. The zero-order valence-corrected chi connectivity index (χ0v) is 11.0. The van der Waals surface area contributed by atoms with E-state index in [0.717, 1.165) is 11.4 Å². The quantitative estimate of drug-likeness (QED) is 0.847. The van der Waals surface area contributed by atoms with Crippen molar-refractivity contribution in [2.75, 3.05) is 26.1 Å². The van der Waals surface area contributed by atoms with Crippen molar-refractivity contribution in [3.05, 3.63) is 23.2 Å². The zero-order chi connectivity index (χ0) is 12.3. The SMILES string of the molecule is COCC(Nc1cc(OC)ccc1Cl)C1CC1. The minimum Gasteiger partial charge on any atom is -0.497 e. The molecule has 0 saturated heterocycles. The van der Waals surface area contributed by atoms with Crippen LogP contribution in [0.2, 0.25) is 5.02 Å². The highest BCUT2D eigenvalue weighted by Gasteiger charge is 2.31. The maximum Gasteiger partial charge on any atom is 0.121 e. The number of methoxy groups -OCH3 is 2. The first-order chi connectivity index (χ1) is 8.24. The van der Waals surface area contributed by atoms with E-state index in [0.29, 0.717) is 23.6 Å². The van der Waals surface area contributed by atoms with E-state index in [1.807, 2.05) is 18.2 Å². The number of rotatable bonds is 6. The highest BCUT2D eigenvalue weighted by atomic mass is 35.5. The fourth-order valence-electron chi connectivity index (χ4n) is 1.92. The Labute approximate surface area is 107 Å². The van der Waals surface area contributed by atoms with Crippen molar-refractivity contribution in [1.82, 2.24) is 0 Å². The van der Waals surface area contributed by atoms with E-state index < -0.39 is 0 Å². The Morgan fingerprint density at radius 3 is 2.76 bits per heavy atom. The van der Waals surface area contributed by atoms with Gasteiger partial charge in [0.1, 0.15) is 5.75 Å². The number of hydrogen-bond acceptors (Lipinski definition) is 3. The van der Waals surface area contributed by atoms with Gasteiger partial charge >= 0.3 is 0 Å². The molecule has 0 radical (unpaired) electrons. The molecular formula is C13H18ClNO2. The Hall–Kier alpha value is -0.930. The fourth-order valence-corrected chi connectivity index (χ4v) is 2.09. The van der Waals surface area contributed by atoms with Gasteiger partial charge in [0.15, 0.2) is 0 Å². The van der Waals surface area contributed by atoms with Gasteiger partial charge in [0, 0.05) is 13.2 Å². The van der Waals surface area contributed by atoms with Gasteiger partial charge in [-0.2, -0.15) is 0 Å². The molecule has 2 rings (SSSR count). The van der Waals surface area contributed by atoms with Gasteiger partial charge in [-0.1, -0.05) is 11.6 Å². The standard InChI is InChI=1S/C13H18ClNO2/c1-16-8-13(9-3-4-9)15-12-7-10(17-2)5-6-11(12)14/h5-7,9,13,15H,3-4,8H2,1-2H3. The molecule has 1 saturated carbocycles. The lowest BCUT2D eigenvalue weighted by atomic mass is 10.2. The van der Waals surface area contributed by atoms with E-state index in [2.05, 4.69) is 5.32 Å². The Kier molecular flexibility index (Phi) is 4.13. The van der Waals surface area contributed by atoms with Gasteiger partial charge in [0.25, 0.3) is 0 Å². The molecule has 0 amide bonds. The molecule has 0 heterocycles. The molecule has 4 heteroatoms. The van der Waals surface area contributed by atoms with Crippen LogP contribution in [-0.2, 0) is 4.74 Å². The van der Waals surface area contributed by atoms with E-state index in [1.54, 1.807) is 14.2 Å². The van der Waals surface area contributed by atoms with Gasteiger partial charge in [-0.25, -0.2) is 0 Å². The van der Waals surface area contributed by atoms with Crippen molar-refractivity contribution in [1.29, 1.82) is 0 Å². The lowest BCUT2D eigenvalue weighted by Gasteiger charge is -2.19. The molecule has 0 aromatic heterocycles. The fraction of sp³-hybridized carbons (Fsp3) is 0.538. The van der Waals surface area contributed by atoms with Crippen LogP contribution in [-0.4, -0.2) is 26.9 Å². The Balaban J connectivity index is 2.09. The summed E-state index contributed by atoms with van der Waals surface area (Å²) in [7, 11) is 3.38. The molecule has 1 aromatic rings. The molecule has 0 spiro atoms. The van der Waals surface area contributed by atoms with Crippen LogP contribution in [0.1, 0.15) is 12.8 Å². The topological polar surface area (TPSA) is 30.5 Å². The lowest BCUT2D eigenvalue weighted by molar-refractivity contribution is 0.179. The molecule has 1 fully saturated rings. The van der Waals surface area contributed by atoms with E-state index in [9.17, 15) is 0 Å². The van der Waals surface area contributed by atoms with Gasteiger partial charge < -0.3 is 14.8 Å². The summed E-state index contributed by atoms with van der Waals surface area (Å²) in [6.45, 7) is 0.707. The molecule has 1 aliphatic rings. The molecule has 1 aromatic carbocycles. The van der Waals surface area contributed by atoms with Crippen LogP contribution in [0.25, 0.3) is 0 Å². The minimum absolute atomic E-state index is 0.338. The second-order valence-electron chi connectivity index (χ2n) is 4.39. The number of nitrogens with one attached hydrogen (secondary N) is 1. The minimum atomic E-state index is 0.338. The maximum absolute atomic E-state index is 6.16. The van der Waals surface area contributed by atoms with Crippen molar-refractivity contribution in [2.45, 2.75) is 18.9 Å². The average molecular weight is 256 g/mol. The number of ether oxygens (including phenoxy) is 2.